The zero-order chi connectivity index (χ0) is 14.4. The number of carboxylic acids is 1. The molecule has 2 aromatic carbocycles. The molecule has 2 N–H and O–H groups in total. The first kappa shape index (κ1) is 14.0. The molecule has 0 heterocycles. The van der Waals surface area contributed by atoms with Gasteiger partial charge in [0, 0.05) is 12.1 Å². The number of fused-ring (bicyclic) bond motifs is 1. The van der Waals surface area contributed by atoms with Crippen LogP contribution >= 0.6 is 0 Å². The van der Waals surface area contributed by atoms with Crippen molar-refractivity contribution in [2.45, 2.75) is 0 Å². The molecule has 5 nitrogen and oxygen atoms in total. The van der Waals surface area contributed by atoms with Crippen molar-refractivity contribution in [3.05, 3.63) is 48.0 Å². The molecule has 0 aliphatic rings. The number of rotatable bonds is 6. The molecule has 0 aliphatic carbocycles. The van der Waals surface area contributed by atoms with Crippen LogP contribution in [0.2, 0.25) is 0 Å². The van der Waals surface area contributed by atoms with E-state index in [1.165, 1.54) is 0 Å². The maximum absolute atomic E-state index is 11.9. The second-order valence-electron chi connectivity index (χ2n) is 4.26. The Kier molecular flexibility index (Phi) is 4.68. The summed E-state index contributed by atoms with van der Waals surface area (Å²) < 4.78 is 4.84. The van der Waals surface area contributed by atoms with Crippen LogP contribution in [-0.2, 0) is 9.53 Å². The van der Waals surface area contributed by atoms with Gasteiger partial charge >= 0.3 is 5.97 Å². The average molecular weight is 273 g/mol. The Bertz CT molecular complexity index is 624. The molecule has 0 radical (unpaired) electrons. The summed E-state index contributed by atoms with van der Waals surface area (Å²) in [6.07, 6.45) is 0. The van der Waals surface area contributed by atoms with Crippen LogP contribution in [0, 0.1) is 0 Å². The van der Waals surface area contributed by atoms with Crippen LogP contribution in [-0.4, -0.2) is 36.7 Å². The Morgan fingerprint density at radius 2 is 1.85 bits per heavy atom. The Hall–Kier alpha value is -2.40. The van der Waals surface area contributed by atoms with Crippen molar-refractivity contribution in [1.82, 2.24) is 5.32 Å². The van der Waals surface area contributed by atoms with E-state index in [-0.39, 0.29) is 25.7 Å². The average Bonchev–Trinajstić information content (AvgIpc) is 2.46. The van der Waals surface area contributed by atoms with Crippen LogP contribution in [0.3, 0.4) is 0 Å². The Labute approximate surface area is 116 Å². The number of aliphatic carboxylic acids is 1. The molecule has 20 heavy (non-hydrogen) atoms. The second kappa shape index (κ2) is 6.68. The van der Waals surface area contributed by atoms with Crippen molar-refractivity contribution < 1.29 is 19.4 Å². The monoisotopic (exact) mass is 273 g/mol. The third-order valence-corrected chi connectivity index (χ3v) is 2.77. The predicted octanol–water partition coefficient (Wildman–Crippen LogP) is 1.67. The van der Waals surface area contributed by atoms with E-state index in [4.69, 9.17) is 9.84 Å². The number of hydrogen-bond acceptors (Lipinski definition) is 3. The molecule has 0 bridgehead atoms. The minimum absolute atomic E-state index is 0.172. The number of carbonyl (C=O) groups excluding carboxylic acids is 1. The topological polar surface area (TPSA) is 75.6 Å². The highest BCUT2D eigenvalue weighted by Crippen LogP contribution is 2.15. The quantitative estimate of drug-likeness (QED) is 0.785. The van der Waals surface area contributed by atoms with Gasteiger partial charge < -0.3 is 15.2 Å². The molecule has 0 fully saturated rings. The van der Waals surface area contributed by atoms with Gasteiger partial charge in [-0.2, -0.15) is 0 Å². The third-order valence-electron chi connectivity index (χ3n) is 2.77. The molecule has 0 aromatic heterocycles. The summed E-state index contributed by atoms with van der Waals surface area (Å²) in [5.41, 5.74) is 0.571. The summed E-state index contributed by atoms with van der Waals surface area (Å²) in [5, 5.41) is 13.1. The number of carbonyl (C=O) groups is 2. The van der Waals surface area contributed by atoms with Crippen molar-refractivity contribution in [2.24, 2.45) is 0 Å². The second-order valence-corrected chi connectivity index (χ2v) is 4.26. The number of amides is 1. The molecule has 2 rings (SSSR count). The smallest absolute Gasteiger partial charge is 0.329 e. The van der Waals surface area contributed by atoms with Gasteiger partial charge in [0.15, 0.2) is 0 Å². The molecular formula is C15H15NO4. The first-order chi connectivity index (χ1) is 9.66. The Morgan fingerprint density at radius 3 is 2.60 bits per heavy atom. The molecule has 1 amide bonds. The molecule has 5 heteroatoms. The lowest BCUT2D eigenvalue weighted by molar-refractivity contribution is -0.142. The molecule has 2 aromatic rings. The largest absolute Gasteiger partial charge is 0.480 e. The fraction of sp³-hybridized carbons (Fsp3) is 0.200. The van der Waals surface area contributed by atoms with Gasteiger partial charge in [-0.05, 0) is 22.9 Å². The summed E-state index contributed by atoms with van der Waals surface area (Å²) in [5.74, 6) is -1.22. The van der Waals surface area contributed by atoms with Crippen molar-refractivity contribution in [3.63, 3.8) is 0 Å². The van der Waals surface area contributed by atoms with Gasteiger partial charge in [-0.15, -0.1) is 0 Å². The predicted molar refractivity (Wildman–Crippen MR) is 74.7 cm³/mol. The first-order valence-electron chi connectivity index (χ1n) is 6.23. The highest BCUT2D eigenvalue weighted by atomic mass is 16.5. The molecule has 0 saturated heterocycles. The first-order valence-corrected chi connectivity index (χ1v) is 6.23. The van der Waals surface area contributed by atoms with Crippen LogP contribution in [0.15, 0.2) is 42.5 Å². The molecule has 0 saturated carbocycles. The Balaban J connectivity index is 1.89. The minimum atomic E-state index is -1.02. The van der Waals surface area contributed by atoms with E-state index in [1.807, 2.05) is 36.4 Å². The maximum Gasteiger partial charge on any atom is 0.329 e. The van der Waals surface area contributed by atoms with Crippen molar-refractivity contribution >= 4 is 22.6 Å². The van der Waals surface area contributed by atoms with Crippen LogP contribution in [0.1, 0.15) is 10.4 Å². The van der Waals surface area contributed by atoms with Gasteiger partial charge in [-0.25, -0.2) is 4.79 Å². The molecule has 0 aliphatic heterocycles. The van der Waals surface area contributed by atoms with Crippen LogP contribution in [0.4, 0.5) is 0 Å². The standard InChI is InChI=1S/C15H15NO4/c17-14(18)10-20-8-7-16-15(19)13-6-5-11-3-1-2-4-12(11)9-13/h1-6,9H,7-8,10H2,(H,16,19)(H,17,18). The lowest BCUT2D eigenvalue weighted by Crippen LogP contribution is -2.27. The van der Waals surface area contributed by atoms with E-state index in [0.29, 0.717) is 5.56 Å². The van der Waals surface area contributed by atoms with Crippen molar-refractivity contribution in [2.75, 3.05) is 19.8 Å². The highest BCUT2D eigenvalue weighted by molar-refractivity contribution is 5.98. The van der Waals surface area contributed by atoms with E-state index in [2.05, 4.69) is 5.32 Å². The molecule has 104 valence electrons. The van der Waals surface area contributed by atoms with E-state index in [9.17, 15) is 9.59 Å². The fourth-order valence-corrected chi connectivity index (χ4v) is 1.83. The van der Waals surface area contributed by atoms with Gasteiger partial charge in [-0.3, -0.25) is 4.79 Å². The lowest BCUT2D eigenvalue weighted by atomic mass is 10.1. The van der Waals surface area contributed by atoms with E-state index < -0.39 is 5.97 Å². The van der Waals surface area contributed by atoms with Gasteiger partial charge in [0.05, 0.1) is 6.61 Å². The minimum Gasteiger partial charge on any atom is -0.480 e. The van der Waals surface area contributed by atoms with Gasteiger partial charge in [-0.1, -0.05) is 30.3 Å². The van der Waals surface area contributed by atoms with E-state index in [1.54, 1.807) is 6.07 Å². The van der Waals surface area contributed by atoms with Crippen LogP contribution in [0.25, 0.3) is 10.8 Å². The summed E-state index contributed by atoms with van der Waals surface area (Å²) in [6, 6.07) is 13.3. The van der Waals surface area contributed by atoms with E-state index >= 15 is 0 Å². The highest BCUT2D eigenvalue weighted by Gasteiger charge is 2.05. The van der Waals surface area contributed by atoms with Crippen molar-refractivity contribution in [1.29, 1.82) is 0 Å². The summed E-state index contributed by atoms with van der Waals surface area (Å²) in [7, 11) is 0. The number of carboxylic acid groups (broad SMARTS) is 1. The van der Waals surface area contributed by atoms with Gasteiger partial charge in [0.2, 0.25) is 0 Å². The number of nitrogens with one attached hydrogen (secondary N) is 1. The maximum atomic E-state index is 11.9. The zero-order valence-corrected chi connectivity index (χ0v) is 10.8. The zero-order valence-electron chi connectivity index (χ0n) is 10.8. The Morgan fingerprint density at radius 1 is 1.10 bits per heavy atom. The normalized spacial score (nSPS) is 10.4. The third kappa shape index (κ3) is 3.80. The molecule has 0 unspecified atom stereocenters. The summed E-state index contributed by atoms with van der Waals surface area (Å²) >= 11 is 0. The van der Waals surface area contributed by atoms with Gasteiger partial charge in [0.25, 0.3) is 5.91 Å². The summed E-state index contributed by atoms with van der Waals surface area (Å²) in [6.45, 7) is 0.0937. The molecular weight excluding hydrogens is 258 g/mol. The van der Waals surface area contributed by atoms with E-state index in [0.717, 1.165) is 10.8 Å². The van der Waals surface area contributed by atoms with Gasteiger partial charge in [0.1, 0.15) is 6.61 Å². The van der Waals surface area contributed by atoms with Crippen molar-refractivity contribution in [3.8, 4) is 0 Å². The summed E-state index contributed by atoms with van der Waals surface area (Å²) in [4.78, 5) is 22.1. The lowest BCUT2D eigenvalue weighted by Gasteiger charge is -2.06. The molecule has 0 atom stereocenters. The number of benzene rings is 2. The van der Waals surface area contributed by atoms with Crippen LogP contribution in [0.5, 0.6) is 0 Å². The van der Waals surface area contributed by atoms with Crippen LogP contribution < -0.4 is 5.32 Å². The SMILES string of the molecule is O=C(O)COCCNC(=O)c1ccc2ccccc2c1. The number of ether oxygens (including phenoxy) is 1. The number of hydrogen-bond donors (Lipinski definition) is 2. The molecule has 0 spiro atoms. The fourth-order valence-electron chi connectivity index (χ4n) is 1.83.